The summed E-state index contributed by atoms with van der Waals surface area (Å²) in [6, 6.07) is 18.0. The number of hydrogen-bond acceptors (Lipinski definition) is 6. The zero-order valence-electron chi connectivity index (χ0n) is 25.2. The fourth-order valence-corrected chi connectivity index (χ4v) is 8.59. The number of rotatable bonds is 9. The Labute approximate surface area is 260 Å². The van der Waals surface area contributed by atoms with Crippen molar-refractivity contribution in [3.8, 4) is 28.4 Å². The van der Waals surface area contributed by atoms with E-state index in [1.165, 1.54) is 0 Å². The quantitative estimate of drug-likeness (QED) is 0.231. The maximum absolute atomic E-state index is 14.1. The predicted octanol–water partition coefficient (Wildman–Crippen LogP) is 5.35. The number of nitrogens with one attached hydrogen (secondary N) is 1. The number of fused-ring (bicyclic) bond motifs is 1. The highest BCUT2D eigenvalue weighted by molar-refractivity contribution is 5.99. The number of carboxylic acid groups (broad SMARTS) is 2. The highest BCUT2D eigenvalue weighted by Crippen LogP contribution is 2.58. The summed E-state index contributed by atoms with van der Waals surface area (Å²) in [6.07, 6.45) is 4.25. The molecule has 45 heavy (non-hydrogen) atoms. The van der Waals surface area contributed by atoms with Crippen LogP contribution in [0.5, 0.6) is 11.5 Å². The van der Waals surface area contributed by atoms with Crippen molar-refractivity contribution in [3.63, 3.8) is 0 Å². The molecule has 4 saturated carbocycles. The fourth-order valence-electron chi connectivity index (χ4n) is 8.59. The lowest BCUT2D eigenvalue weighted by atomic mass is 9.48. The third-order valence-corrected chi connectivity index (χ3v) is 10.3. The Hall–Kier alpha value is -4.86. The van der Waals surface area contributed by atoms with E-state index in [1.54, 1.807) is 55.3 Å². The highest BCUT2D eigenvalue weighted by atomic mass is 16.5. The molecule has 0 unspecified atom stereocenters. The summed E-state index contributed by atoms with van der Waals surface area (Å²) in [6.45, 7) is 0. The molecule has 0 spiro atoms. The van der Waals surface area contributed by atoms with E-state index in [0.717, 1.165) is 42.9 Å². The molecule has 1 aromatic heterocycles. The summed E-state index contributed by atoms with van der Waals surface area (Å²) in [4.78, 5) is 38.8. The number of carbonyl (C=O) groups excluding carboxylic acids is 1. The van der Waals surface area contributed by atoms with E-state index in [9.17, 15) is 24.6 Å². The molecule has 1 amide bonds. The maximum Gasteiger partial charge on any atom is 0.330 e. The van der Waals surface area contributed by atoms with Crippen LogP contribution in [0.25, 0.3) is 27.7 Å². The molecule has 4 aromatic rings. The Bertz CT molecular complexity index is 1790. The van der Waals surface area contributed by atoms with Crippen molar-refractivity contribution in [1.82, 2.24) is 15.1 Å². The number of aliphatic carboxylic acids is 2. The number of methoxy groups -OCH3 is 2. The molecular formula is C35H35N3O7. The molecular weight excluding hydrogens is 574 g/mol. The van der Waals surface area contributed by atoms with Crippen LogP contribution in [-0.2, 0) is 16.0 Å². The van der Waals surface area contributed by atoms with Gasteiger partial charge in [0.25, 0.3) is 5.91 Å². The number of hydrogen-bond donors (Lipinski definition) is 3. The van der Waals surface area contributed by atoms with Crippen LogP contribution in [0.1, 0.15) is 48.2 Å². The van der Waals surface area contributed by atoms with Crippen molar-refractivity contribution < 1.29 is 34.1 Å². The minimum atomic E-state index is -1.33. The summed E-state index contributed by atoms with van der Waals surface area (Å²) in [7, 11) is 3.09. The number of amides is 1. The van der Waals surface area contributed by atoms with E-state index in [4.69, 9.17) is 14.6 Å². The monoisotopic (exact) mass is 609 g/mol. The number of carboxylic acids is 2. The van der Waals surface area contributed by atoms with E-state index in [-0.39, 0.29) is 24.0 Å². The van der Waals surface area contributed by atoms with Gasteiger partial charge in [-0.25, -0.2) is 9.48 Å². The molecule has 1 heterocycles. The van der Waals surface area contributed by atoms with Gasteiger partial charge in [-0.15, -0.1) is 0 Å². The topological polar surface area (TPSA) is 140 Å². The van der Waals surface area contributed by atoms with Crippen LogP contribution in [-0.4, -0.2) is 57.6 Å². The van der Waals surface area contributed by atoms with Crippen LogP contribution in [0, 0.1) is 23.7 Å². The molecule has 0 saturated heterocycles. The number of nitrogens with zero attached hydrogens (tertiary/aromatic N) is 2. The standard InChI is InChI=1S/C35H35N3O7/c1-44-29-8-5-9-30(45-2)32(29)28-18-26(33(41)36-35(34(42)43)22-13-19-12-20(15-22)16-23(35)14-19)37-38(28)27-11-10-21(17-31(39)40)24-6-3-4-7-25(24)27/h3-11,18-20,22-23H,12-17H2,1-2H3,(H,36,41)(H,39,40)(H,42,43). The number of benzene rings is 3. The second-order valence-electron chi connectivity index (χ2n) is 12.7. The normalized spacial score (nSPS) is 24.8. The molecule has 10 nitrogen and oxygen atoms in total. The Morgan fingerprint density at radius 3 is 2.07 bits per heavy atom. The predicted molar refractivity (Wildman–Crippen MR) is 166 cm³/mol. The molecule has 4 bridgehead atoms. The summed E-state index contributed by atoms with van der Waals surface area (Å²) in [5.41, 5.74) is 1.06. The first kappa shape index (κ1) is 28.9. The first-order valence-corrected chi connectivity index (χ1v) is 15.3. The van der Waals surface area contributed by atoms with Crippen molar-refractivity contribution in [2.45, 2.75) is 44.1 Å². The first-order chi connectivity index (χ1) is 21.7. The van der Waals surface area contributed by atoms with Gasteiger partial charge in [0, 0.05) is 5.39 Å². The summed E-state index contributed by atoms with van der Waals surface area (Å²) in [5, 5.41) is 29.5. The van der Waals surface area contributed by atoms with Gasteiger partial charge in [0.15, 0.2) is 5.69 Å². The minimum Gasteiger partial charge on any atom is -0.496 e. The van der Waals surface area contributed by atoms with Gasteiger partial charge < -0.3 is 25.0 Å². The summed E-state index contributed by atoms with van der Waals surface area (Å²) < 4.78 is 13.1. The Morgan fingerprint density at radius 2 is 1.49 bits per heavy atom. The number of aromatic nitrogens is 2. The van der Waals surface area contributed by atoms with Gasteiger partial charge in [0.1, 0.15) is 17.0 Å². The summed E-state index contributed by atoms with van der Waals surface area (Å²) in [5.74, 6) is -0.650. The molecule has 4 fully saturated rings. The lowest BCUT2D eigenvalue weighted by molar-refractivity contribution is -0.163. The van der Waals surface area contributed by atoms with E-state index in [1.807, 2.05) is 24.3 Å². The number of carbonyl (C=O) groups is 3. The van der Waals surface area contributed by atoms with Crippen LogP contribution < -0.4 is 14.8 Å². The zero-order valence-corrected chi connectivity index (χ0v) is 25.2. The van der Waals surface area contributed by atoms with Gasteiger partial charge >= 0.3 is 11.9 Å². The minimum absolute atomic E-state index is 0.0612. The van der Waals surface area contributed by atoms with E-state index in [2.05, 4.69) is 5.32 Å². The fraction of sp³-hybridized carbons (Fsp3) is 0.371. The van der Waals surface area contributed by atoms with Crippen LogP contribution in [0.2, 0.25) is 0 Å². The van der Waals surface area contributed by atoms with Crippen molar-refractivity contribution in [2.75, 3.05) is 14.2 Å². The van der Waals surface area contributed by atoms with Gasteiger partial charge in [-0.3, -0.25) is 9.59 Å². The van der Waals surface area contributed by atoms with Crippen molar-refractivity contribution in [1.29, 1.82) is 0 Å². The smallest absolute Gasteiger partial charge is 0.330 e. The number of ether oxygens (including phenoxy) is 2. The van der Waals surface area contributed by atoms with E-state index < -0.39 is 23.4 Å². The van der Waals surface area contributed by atoms with Crippen LogP contribution in [0.4, 0.5) is 0 Å². The molecule has 8 rings (SSSR count). The van der Waals surface area contributed by atoms with Gasteiger partial charge in [-0.1, -0.05) is 36.4 Å². The molecule has 10 heteroatoms. The average molecular weight is 610 g/mol. The van der Waals surface area contributed by atoms with Gasteiger partial charge in [0.05, 0.1) is 37.6 Å². The second kappa shape index (κ2) is 10.9. The van der Waals surface area contributed by atoms with Crippen molar-refractivity contribution >= 4 is 28.6 Å². The zero-order chi connectivity index (χ0) is 31.5. The van der Waals surface area contributed by atoms with Gasteiger partial charge in [-0.2, -0.15) is 5.10 Å². The maximum atomic E-state index is 14.1. The lowest BCUT2D eigenvalue weighted by Crippen LogP contribution is -2.70. The molecule has 4 aliphatic carbocycles. The Morgan fingerprint density at radius 1 is 0.867 bits per heavy atom. The molecule has 4 aliphatic rings. The first-order valence-electron chi connectivity index (χ1n) is 15.3. The lowest BCUT2D eigenvalue weighted by Gasteiger charge is -2.59. The Kier molecular flexibility index (Phi) is 7.02. The molecule has 0 aliphatic heterocycles. The van der Waals surface area contributed by atoms with Crippen LogP contribution in [0.15, 0.2) is 60.7 Å². The molecule has 0 radical (unpaired) electrons. The SMILES string of the molecule is COc1cccc(OC)c1-c1cc(C(=O)NC2(C(=O)O)C3CC4CC(C3)CC2C4)nn1-c1ccc(CC(=O)O)c2ccccc12. The van der Waals surface area contributed by atoms with Gasteiger partial charge in [-0.05, 0) is 91.0 Å². The van der Waals surface area contributed by atoms with Crippen molar-refractivity contribution in [2.24, 2.45) is 23.7 Å². The third kappa shape index (κ3) is 4.62. The van der Waals surface area contributed by atoms with E-state index in [0.29, 0.717) is 45.8 Å². The molecule has 3 N–H and O–H groups in total. The van der Waals surface area contributed by atoms with Crippen LogP contribution >= 0.6 is 0 Å². The molecule has 0 atom stereocenters. The second-order valence-corrected chi connectivity index (χ2v) is 12.7. The van der Waals surface area contributed by atoms with Crippen molar-refractivity contribution in [3.05, 3.63) is 71.9 Å². The largest absolute Gasteiger partial charge is 0.496 e. The Balaban J connectivity index is 1.39. The molecule has 3 aromatic carbocycles. The summed E-state index contributed by atoms with van der Waals surface area (Å²) >= 11 is 0. The van der Waals surface area contributed by atoms with Crippen LogP contribution in [0.3, 0.4) is 0 Å². The highest BCUT2D eigenvalue weighted by Gasteiger charge is 2.62. The van der Waals surface area contributed by atoms with Gasteiger partial charge in [0.2, 0.25) is 0 Å². The third-order valence-electron chi connectivity index (χ3n) is 10.3. The van der Waals surface area contributed by atoms with E-state index >= 15 is 0 Å². The average Bonchev–Trinajstić information content (AvgIpc) is 3.46. The molecule has 232 valence electrons.